The molecule has 1 saturated heterocycles. The summed E-state index contributed by atoms with van der Waals surface area (Å²) in [7, 11) is 2.15. The van der Waals surface area contributed by atoms with Crippen molar-refractivity contribution in [3.8, 4) is 11.5 Å². The fourth-order valence-electron chi connectivity index (χ4n) is 4.32. The monoisotopic (exact) mass is 299 g/mol. The minimum atomic E-state index is -0.243. The predicted molar refractivity (Wildman–Crippen MR) is 78.2 cm³/mol. The number of benzene rings is 1. The molecule has 4 aliphatic rings. The van der Waals surface area contributed by atoms with Gasteiger partial charge in [0.25, 0.3) is 0 Å². The van der Waals surface area contributed by atoms with Crippen molar-refractivity contribution in [3.05, 3.63) is 34.9 Å². The molecule has 5 rings (SSSR count). The minimum absolute atomic E-state index is 0.0744. The van der Waals surface area contributed by atoms with Crippen LogP contribution in [0.1, 0.15) is 34.7 Å². The lowest BCUT2D eigenvalue weighted by atomic mass is 9.75. The normalized spacial score (nSPS) is 32.0. The molecule has 3 aliphatic heterocycles. The summed E-state index contributed by atoms with van der Waals surface area (Å²) in [6.45, 7) is 1.28. The van der Waals surface area contributed by atoms with Crippen LogP contribution in [0.25, 0.3) is 0 Å². The van der Waals surface area contributed by atoms with E-state index in [0.717, 1.165) is 30.7 Å². The van der Waals surface area contributed by atoms with Gasteiger partial charge in [-0.2, -0.15) is 0 Å². The van der Waals surface area contributed by atoms with Gasteiger partial charge in [-0.05, 0) is 31.2 Å². The highest BCUT2D eigenvalue weighted by atomic mass is 16.7. The molecule has 0 bridgehead atoms. The maximum absolute atomic E-state index is 12.4. The molecule has 3 atom stereocenters. The Bertz CT molecular complexity index is 711. The summed E-state index contributed by atoms with van der Waals surface area (Å²) >= 11 is 0. The lowest BCUT2D eigenvalue weighted by Crippen LogP contribution is -2.45. The lowest BCUT2D eigenvalue weighted by Gasteiger charge is -2.41. The summed E-state index contributed by atoms with van der Waals surface area (Å²) in [6.07, 6.45) is 4.11. The lowest BCUT2D eigenvalue weighted by molar-refractivity contribution is 0.00914. The standard InChI is InChI=1S/C17H17NO4/c1-18-5-4-9-2-3-12-15(16(9)18)10-6-13-14(21-8-20-13)7-11(10)17(19)22-12/h2,6-7,12,15-16H,3-5,8H2,1H3. The highest BCUT2D eigenvalue weighted by molar-refractivity contribution is 5.94. The fraction of sp³-hybridized carbons (Fsp3) is 0.471. The van der Waals surface area contributed by atoms with Gasteiger partial charge < -0.3 is 14.2 Å². The molecule has 0 radical (unpaired) electrons. The highest BCUT2D eigenvalue weighted by Gasteiger charge is 2.47. The predicted octanol–water partition coefficient (Wildman–Crippen LogP) is 2.07. The Morgan fingerprint density at radius 2 is 2.05 bits per heavy atom. The molecule has 0 aromatic heterocycles. The number of nitrogens with zero attached hydrogens (tertiary/aromatic N) is 1. The van der Waals surface area contributed by atoms with Crippen LogP contribution in [0.3, 0.4) is 0 Å². The van der Waals surface area contributed by atoms with Crippen molar-refractivity contribution in [2.24, 2.45) is 0 Å². The molecule has 1 fully saturated rings. The number of likely N-dealkylation sites (N-methyl/N-ethyl adjacent to an activating group) is 1. The zero-order valence-electron chi connectivity index (χ0n) is 12.4. The second kappa shape index (κ2) is 4.26. The van der Waals surface area contributed by atoms with Gasteiger partial charge in [0.2, 0.25) is 6.79 Å². The van der Waals surface area contributed by atoms with Gasteiger partial charge in [-0.3, -0.25) is 4.90 Å². The second-order valence-corrected chi connectivity index (χ2v) is 6.45. The van der Waals surface area contributed by atoms with E-state index in [1.165, 1.54) is 5.57 Å². The molecular formula is C17H17NO4. The number of ether oxygens (including phenoxy) is 3. The fourth-order valence-corrected chi connectivity index (χ4v) is 4.32. The molecule has 1 aliphatic carbocycles. The SMILES string of the molecule is CN1CCC2=CCC3OC(=O)c4cc5c(cc4C3C21)OCO5. The molecule has 1 aromatic carbocycles. The molecule has 5 nitrogen and oxygen atoms in total. The van der Waals surface area contributed by atoms with Gasteiger partial charge in [0.15, 0.2) is 11.5 Å². The smallest absolute Gasteiger partial charge is 0.338 e. The first kappa shape index (κ1) is 12.5. The van der Waals surface area contributed by atoms with Gasteiger partial charge in [0, 0.05) is 24.9 Å². The van der Waals surface area contributed by atoms with E-state index in [-0.39, 0.29) is 24.8 Å². The van der Waals surface area contributed by atoms with Crippen LogP contribution in [0, 0.1) is 0 Å². The van der Waals surface area contributed by atoms with Crippen molar-refractivity contribution in [1.82, 2.24) is 4.90 Å². The van der Waals surface area contributed by atoms with Crippen LogP contribution in [0.4, 0.5) is 0 Å². The van der Waals surface area contributed by atoms with Gasteiger partial charge in [-0.15, -0.1) is 0 Å². The number of hydrogen-bond acceptors (Lipinski definition) is 5. The Hall–Kier alpha value is -2.01. The molecule has 3 heterocycles. The number of likely N-dealkylation sites (tertiary alicyclic amines) is 1. The van der Waals surface area contributed by atoms with Crippen molar-refractivity contribution in [1.29, 1.82) is 0 Å². The van der Waals surface area contributed by atoms with Gasteiger partial charge >= 0.3 is 5.97 Å². The number of esters is 1. The van der Waals surface area contributed by atoms with Gasteiger partial charge in [0.1, 0.15) is 6.10 Å². The quantitative estimate of drug-likeness (QED) is 0.542. The van der Waals surface area contributed by atoms with Crippen LogP contribution in [0.5, 0.6) is 11.5 Å². The molecule has 1 aromatic rings. The van der Waals surface area contributed by atoms with E-state index in [1.54, 1.807) is 6.07 Å². The van der Waals surface area contributed by atoms with Crippen LogP contribution in [0.2, 0.25) is 0 Å². The van der Waals surface area contributed by atoms with Gasteiger partial charge in [-0.1, -0.05) is 11.6 Å². The summed E-state index contributed by atoms with van der Waals surface area (Å²) in [5, 5.41) is 0. The Balaban J connectivity index is 1.69. The largest absolute Gasteiger partial charge is 0.458 e. The molecule has 0 N–H and O–H groups in total. The third-order valence-corrected chi connectivity index (χ3v) is 5.34. The third kappa shape index (κ3) is 1.54. The Morgan fingerprint density at radius 1 is 1.23 bits per heavy atom. The third-order valence-electron chi connectivity index (χ3n) is 5.34. The molecule has 22 heavy (non-hydrogen) atoms. The van der Waals surface area contributed by atoms with Crippen LogP contribution in [-0.2, 0) is 4.74 Å². The van der Waals surface area contributed by atoms with Crippen molar-refractivity contribution >= 4 is 5.97 Å². The average Bonchev–Trinajstić information content (AvgIpc) is 3.12. The molecular weight excluding hydrogens is 282 g/mol. The Morgan fingerprint density at radius 3 is 2.91 bits per heavy atom. The van der Waals surface area contributed by atoms with Crippen molar-refractivity contribution in [2.45, 2.75) is 30.9 Å². The summed E-state index contributed by atoms with van der Waals surface area (Å²) < 4.78 is 16.6. The number of carbonyl (C=O) groups is 1. The summed E-state index contributed by atoms with van der Waals surface area (Å²) in [4.78, 5) is 14.7. The maximum atomic E-state index is 12.4. The topological polar surface area (TPSA) is 48.0 Å². The van der Waals surface area contributed by atoms with E-state index >= 15 is 0 Å². The first-order valence-electron chi connectivity index (χ1n) is 7.76. The van der Waals surface area contributed by atoms with E-state index in [9.17, 15) is 4.79 Å². The molecule has 3 unspecified atom stereocenters. The first-order chi connectivity index (χ1) is 10.7. The maximum Gasteiger partial charge on any atom is 0.338 e. The Kier molecular flexibility index (Phi) is 2.42. The van der Waals surface area contributed by atoms with E-state index in [4.69, 9.17) is 14.2 Å². The molecule has 0 saturated carbocycles. The highest BCUT2D eigenvalue weighted by Crippen LogP contribution is 2.48. The molecule has 0 spiro atoms. The summed E-state index contributed by atoms with van der Waals surface area (Å²) in [5.74, 6) is 1.33. The number of fused-ring (bicyclic) bond motifs is 6. The van der Waals surface area contributed by atoms with Gasteiger partial charge in [-0.25, -0.2) is 4.79 Å². The number of carbonyl (C=O) groups excluding carboxylic acids is 1. The number of hydrogen-bond donors (Lipinski definition) is 0. The van der Waals surface area contributed by atoms with Gasteiger partial charge in [0.05, 0.1) is 5.56 Å². The zero-order valence-corrected chi connectivity index (χ0v) is 12.4. The number of rotatable bonds is 0. The van der Waals surface area contributed by atoms with Crippen LogP contribution >= 0.6 is 0 Å². The summed E-state index contributed by atoms with van der Waals surface area (Å²) in [6, 6.07) is 4.10. The van der Waals surface area contributed by atoms with E-state index in [2.05, 4.69) is 18.0 Å². The van der Waals surface area contributed by atoms with E-state index < -0.39 is 0 Å². The van der Waals surface area contributed by atoms with E-state index in [0.29, 0.717) is 17.4 Å². The second-order valence-electron chi connectivity index (χ2n) is 6.45. The minimum Gasteiger partial charge on any atom is -0.458 e. The Labute approximate surface area is 128 Å². The van der Waals surface area contributed by atoms with Crippen LogP contribution < -0.4 is 9.47 Å². The average molecular weight is 299 g/mol. The van der Waals surface area contributed by atoms with Crippen LogP contribution in [-0.4, -0.2) is 43.4 Å². The molecule has 5 heteroatoms. The zero-order chi connectivity index (χ0) is 14.8. The van der Waals surface area contributed by atoms with Crippen molar-refractivity contribution in [2.75, 3.05) is 20.4 Å². The molecule has 0 amide bonds. The molecule has 114 valence electrons. The summed E-state index contributed by atoms with van der Waals surface area (Å²) in [5.41, 5.74) is 3.16. The first-order valence-corrected chi connectivity index (χ1v) is 7.76. The van der Waals surface area contributed by atoms with Crippen molar-refractivity contribution < 1.29 is 19.0 Å². The van der Waals surface area contributed by atoms with Crippen LogP contribution in [0.15, 0.2) is 23.8 Å². The van der Waals surface area contributed by atoms with E-state index in [1.807, 2.05) is 6.07 Å². The van der Waals surface area contributed by atoms with Crippen molar-refractivity contribution in [3.63, 3.8) is 0 Å².